The van der Waals surface area contributed by atoms with Crippen LogP contribution in [0.1, 0.15) is 97.9 Å². The van der Waals surface area contributed by atoms with E-state index >= 15 is 0 Å². The lowest BCUT2D eigenvalue weighted by Gasteiger charge is -2.10. The van der Waals surface area contributed by atoms with E-state index in [4.69, 9.17) is 10.5 Å². The molecule has 1 aromatic rings. The molecule has 0 aliphatic rings. The van der Waals surface area contributed by atoms with Crippen molar-refractivity contribution in [1.29, 1.82) is 0 Å². The Labute approximate surface area is 169 Å². The summed E-state index contributed by atoms with van der Waals surface area (Å²) < 4.78 is 5.67. The average Bonchev–Trinajstić information content (AvgIpc) is 2.64. The maximum absolute atomic E-state index is 11.6. The zero-order valence-corrected chi connectivity index (χ0v) is 17.5. The molecule has 0 saturated carbocycles. The number of ether oxygens (including phenoxy) is 1. The van der Waals surface area contributed by atoms with Crippen LogP contribution in [0.4, 0.5) is 0 Å². The van der Waals surface area contributed by atoms with E-state index < -0.39 is 11.9 Å². The third-order valence-electron chi connectivity index (χ3n) is 4.93. The van der Waals surface area contributed by atoms with Crippen molar-refractivity contribution in [3.05, 3.63) is 34.9 Å². The van der Waals surface area contributed by atoms with Crippen molar-refractivity contribution < 1.29 is 19.4 Å². The number of primary amides is 1. The normalized spacial score (nSPS) is 11.1. The highest BCUT2D eigenvalue weighted by Gasteiger charge is 2.17. The largest absolute Gasteiger partial charge is 0.478 e. The van der Waals surface area contributed by atoms with Gasteiger partial charge in [0.15, 0.2) is 0 Å². The fourth-order valence-electron chi connectivity index (χ4n) is 3.39. The van der Waals surface area contributed by atoms with Crippen molar-refractivity contribution in [2.24, 2.45) is 11.7 Å². The number of unbranched alkanes of at least 4 members (excludes halogenated alkanes) is 6. The van der Waals surface area contributed by atoms with Crippen LogP contribution in [0.2, 0.25) is 0 Å². The molecule has 0 radical (unpaired) electrons. The predicted molar refractivity (Wildman–Crippen MR) is 113 cm³/mol. The summed E-state index contributed by atoms with van der Waals surface area (Å²) in [7, 11) is 0. The summed E-state index contributed by atoms with van der Waals surface area (Å²) in [5.41, 5.74) is 6.13. The first-order valence-corrected chi connectivity index (χ1v) is 10.7. The minimum absolute atomic E-state index is 0.0323. The maximum atomic E-state index is 11.6. The van der Waals surface area contributed by atoms with Crippen LogP contribution in [0, 0.1) is 5.92 Å². The minimum atomic E-state index is -1.13. The fraction of sp³-hybridized carbons (Fsp3) is 0.652. The first-order chi connectivity index (χ1) is 13.4. The van der Waals surface area contributed by atoms with Gasteiger partial charge in [0.2, 0.25) is 5.91 Å². The zero-order chi connectivity index (χ0) is 20.8. The molecular formula is C23H37NO4. The summed E-state index contributed by atoms with van der Waals surface area (Å²) in [5.74, 6) is -1.01. The van der Waals surface area contributed by atoms with Gasteiger partial charge in [-0.2, -0.15) is 0 Å². The lowest BCUT2D eigenvalue weighted by molar-refractivity contribution is 0.0692. The number of hydrogen-bond acceptors (Lipinski definition) is 3. The van der Waals surface area contributed by atoms with Crippen molar-refractivity contribution >= 4 is 11.9 Å². The van der Waals surface area contributed by atoms with E-state index in [9.17, 15) is 14.7 Å². The van der Waals surface area contributed by atoms with Crippen molar-refractivity contribution in [2.45, 2.75) is 78.1 Å². The van der Waals surface area contributed by atoms with Gasteiger partial charge in [-0.15, -0.1) is 0 Å². The number of nitrogens with two attached hydrogens (primary N) is 1. The topological polar surface area (TPSA) is 89.6 Å². The molecule has 0 aliphatic carbocycles. The Bertz CT molecular complexity index is 598. The molecule has 0 spiro atoms. The second kappa shape index (κ2) is 14.2. The third-order valence-corrected chi connectivity index (χ3v) is 4.93. The first kappa shape index (κ1) is 24.2. The number of benzene rings is 1. The molecule has 0 fully saturated rings. The summed E-state index contributed by atoms with van der Waals surface area (Å²) in [6.45, 7) is 5.92. The van der Waals surface area contributed by atoms with Gasteiger partial charge in [-0.05, 0) is 36.8 Å². The van der Waals surface area contributed by atoms with E-state index in [0.717, 1.165) is 25.4 Å². The first-order valence-electron chi connectivity index (χ1n) is 10.7. The van der Waals surface area contributed by atoms with Crippen LogP contribution >= 0.6 is 0 Å². The molecule has 158 valence electrons. The predicted octanol–water partition coefficient (Wildman–Crippen LogP) is 5.21. The molecule has 5 nitrogen and oxygen atoms in total. The highest BCUT2D eigenvalue weighted by Crippen LogP contribution is 2.17. The number of aromatic carboxylic acids is 1. The Balaban J connectivity index is 2.12. The van der Waals surface area contributed by atoms with Gasteiger partial charge < -0.3 is 15.6 Å². The molecule has 1 rings (SSSR count). The van der Waals surface area contributed by atoms with Crippen LogP contribution in [0.25, 0.3) is 0 Å². The van der Waals surface area contributed by atoms with Gasteiger partial charge in [-0.3, -0.25) is 4.79 Å². The van der Waals surface area contributed by atoms with E-state index in [1.165, 1.54) is 51.0 Å². The quantitative estimate of drug-likeness (QED) is 0.379. The van der Waals surface area contributed by atoms with Gasteiger partial charge in [-0.1, -0.05) is 70.9 Å². The van der Waals surface area contributed by atoms with Gasteiger partial charge in [-0.25, -0.2) is 4.79 Å². The molecule has 0 bridgehead atoms. The number of rotatable bonds is 16. The van der Waals surface area contributed by atoms with E-state index in [0.29, 0.717) is 18.6 Å². The Hall–Kier alpha value is -1.88. The third kappa shape index (κ3) is 9.88. The maximum Gasteiger partial charge on any atom is 0.336 e. The fourth-order valence-corrected chi connectivity index (χ4v) is 3.39. The molecule has 0 saturated heterocycles. The zero-order valence-electron chi connectivity index (χ0n) is 17.5. The Morgan fingerprint density at radius 3 is 2.18 bits per heavy atom. The van der Waals surface area contributed by atoms with Gasteiger partial charge in [0.05, 0.1) is 11.1 Å². The highest BCUT2D eigenvalue weighted by atomic mass is 16.5. The molecule has 28 heavy (non-hydrogen) atoms. The van der Waals surface area contributed by atoms with Gasteiger partial charge in [0, 0.05) is 13.2 Å². The van der Waals surface area contributed by atoms with Crippen LogP contribution in [0.15, 0.2) is 18.2 Å². The monoisotopic (exact) mass is 391 g/mol. The lowest BCUT2D eigenvalue weighted by atomic mass is 9.97. The molecule has 1 amide bonds. The second-order valence-electron chi connectivity index (χ2n) is 7.88. The van der Waals surface area contributed by atoms with E-state index in [1.54, 1.807) is 12.1 Å². The number of carbonyl (C=O) groups excluding carboxylic acids is 1. The van der Waals surface area contributed by atoms with Crippen LogP contribution in [-0.4, -0.2) is 30.2 Å². The standard InChI is InChI=1S/C23H37NO4/c1-18(2)12-8-6-4-3-5-7-9-16-28-17-11-14-19-13-10-15-20(23(26)27)21(19)22(24)25/h10,13,15,18H,3-9,11-12,14,16-17H2,1-2H3,(H2,24,25)(H,26,27). The van der Waals surface area contributed by atoms with Crippen LogP contribution in [-0.2, 0) is 11.2 Å². The van der Waals surface area contributed by atoms with E-state index in [1.807, 2.05) is 0 Å². The van der Waals surface area contributed by atoms with Crippen LogP contribution in [0.3, 0.4) is 0 Å². The van der Waals surface area contributed by atoms with Crippen molar-refractivity contribution in [3.63, 3.8) is 0 Å². The Morgan fingerprint density at radius 2 is 1.57 bits per heavy atom. The van der Waals surface area contributed by atoms with Gasteiger partial charge in [0.1, 0.15) is 0 Å². The second-order valence-corrected chi connectivity index (χ2v) is 7.88. The Kier molecular flexibility index (Phi) is 12.2. The summed E-state index contributed by atoms with van der Waals surface area (Å²) >= 11 is 0. The van der Waals surface area contributed by atoms with Crippen LogP contribution in [0.5, 0.6) is 0 Å². The smallest absolute Gasteiger partial charge is 0.336 e. The summed E-state index contributed by atoms with van der Waals surface area (Å²) in [6, 6.07) is 4.81. The molecule has 1 aromatic carbocycles. The van der Waals surface area contributed by atoms with Crippen molar-refractivity contribution in [1.82, 2.24) is 0 Å². The Morgan fingerprint density at radius 1 is 0.964 bits per heavy atom. The number of carboxylic acid groups (broad SMARTS) is 1. The molecule has 0 unspecified atom stereocenters. The number of hydrogen-bond donors (Lipinski definition) is 2. The number of carbonyl (C=O) groups is 2. The molecule has 5 heteroatoms. The molecule has 0 atom stereocenters. The molecule has 0 aromatic heterocycles. The highest BCUT2D eigenvalue weighted by molar-refractivity contribution is 6.05. The molecule has 0 aliphatic heterocycles. The molecular weight excluding hydrogens is 354 g/mol. The molecule has 0 heterocycles. The van der Waals surface area contributed by atoms with Crippen molar-refractivity contribution in [2.75, 3.05) is 13.2 Å². The van der Waals surface area contributed by atoms with Crippen LogP contribution < -0.4 is 5.73 Å². The minimum Gasteiger partial charge on any atom is -0.478 e. The summed E-state index contributed by atoms with van der Waals surface area (Å²) in [5, 5.41) is 9.20. The van der Waals surface area contributed by atoms with Gasteiger partial charge >= 0.3 is 5.97 Å². The van der Waals surface area contributed by atoms with Gasteiger partial charge in [0.25, 0.3) is 0 Å². The van der Waals surface area contributed by atoms with E-state index in [2.05, 4.69) is 13.8 Å². The summed E-state index contributed by atoms with van der Waals surface area (Å²) in [6.07, 6.45) is 11.6. The number of aryl methyl sites for hydroxylation is 1. The van der Waals surface area contributed by atoms with E-state index in [-0.39, 0.29) is 11.1 Å². The van der Waals surface area contributed by atoms with Crippen molar-refractivity contribution in [3.8, 4) is 0 Å². The number of carboxylic acids is 1. The summed E-state index contributed by atoms with van der Waals surface area (Å²) in [4.78, 5) is 22.9. The SMILES string of the molecule is CC(C)CCCCCCCCCOCCCc1cccc(C(=O)O)c1C(N)=O. The average molecular weight is 392 g/mol. The number of amides is 1. The molecule has 3 N–H and O–H groups in total. The lowest BCUT2D eigenvalue weighted by Crippen LogP contribution is -2.19.